The number of aliphatic hydroxyl groups is 1. The number of rotatable bonds is 15. The van der Waals surface area contributed by atoms with Crippen molar-refractivity contribution in [1.29, 1.82) is 0 Å². The van der Waals surface area contributed by atoms with Crippen molar-refractivity contribution in [1.82, 2.24) is 20.6 Å². The summed E-state index contributed by atoms with van der Waals surface area (Å²) in [6.07, 6.45) is 7.67. The molecule has 0 spiro atoms. The maximum absolute atomic E-state index is 13.5. The zero-order valence-corrected chi connectivity index (χ0v) is 28.7. The minimum Gasteiger partial charge on any atom is -0.480 e. The molecule has 0 aliphatic heterocycles. The third kappa shape index (κ3) is 7.91. The maximum atomic E-state index is 13.5. The number of hydrogen-bond donors (Lipinski definition) is 6. The zero-order valence-electron chi connectivity index (χ0n) is 28.7. The molecule has 11 heteroatoms. The van der Waals surface area contributed by atoms with Gasteiger partial charge in [0.15, 0.2) is 0 Å². The summed E-state index contributed by atoms with van der Waals surface area (Å²) in [7, 11) is 0. The molecule has 1 atom stereocenters. The van der Waals surface area contributed by atoms with Crippen molar-refractivity contribution in [2.75, 3.05) is 23.8 Å². The van der Waals surface area contributed by atoms with E-state index >= 15 is 0 Å². The predicted molar refractivity (Wildman–Crippen MR) is 192 cm³/mol. The standard InChI is InChI=1S/C39H44N6O5/c1-4-40-17-26-18-41-34(15-30(26)24-11-12-24)37(47)44-32-9-5-7-28(22(32)2)29-8-6-10-33(23(29)3)45-38(48)35-16-31(25-13-14-25)27(19-42-35)20-43-36(21-46)39(49)50/h5-10,15-16,18-19,24-25,36,40,43,46H,4,11-14,17,20-21H2,1-3H3,(H,44,47)(H,45,48)(H,49,50)/t36-/m1/s1. The average molecular weight is 677 g/mol. The van der Waals surface area contributed by atoms with Crippen LogP contribution in [0.2, 0.25) is 0 Å². The lowest BCUT2D eigenvalue weighted by molar-refractivity contribution is -0.140. The maximum Gasteiger partial charge on any atom is 0.323 e. The minimum atomic E-state index is -1.13. The average Bonchev–Trinajstić information content (AvgIpc) is 4.04. The van der Waals surface area contributed by atoms with E-state index < -0.39 is 18.6 Å². The van der Waals surface area contributed by atoms with E-state index in [2.05, 4.69) is 38.2 Å². The van der Waals surface area contributed by atoms with Gasteiger partial charge in [-0.3, -0.25) is 29.7 Å². The highest BCUT2D eigenvalue weighted by Gasteiger charge is 2.29. The van der Waals surface area contributed by atoms with Gasteiger partial charge in [0.2, 0.25) is 0 Å². The van der Waals surface area contributed by atoms with Gasteiger partial charge in [-0.25, -0.2) is 0 Å². The third-order valence-electron chi connectivity index (χ3n) is 9.58. The molecule has 0 radical (unpaired) electrons. The molecule has 6 rings (SSSR count). The number of aliphatic hydroxyl groups excluding tert-OH is 1. The summed E-state index contributed by atoms with van der Waals surface area (Å²) in [6, 6.07) is 14.2. The number of anilines is 2. The van der Waals surface area contributed by atoms with Crippen LogP contribution in [0.5, 0.6) is 0 Å². The van der Waals surface area contributed by atoms with Gasteiger partial charge < -0.3 is 26.2 Å². The Bertz CT molecular complexity index is 1920. The number of pyridine rings is 2. The fraction of sp³-hybridized carbons (Fsp3) is 0.359. The lowest BCUT2D eigenvalue weighted by Gasteiger charge is -2.17. The first-order valence-corrected chi connectivity index (χ1v) is 17.3. The van der Waals surface area contributed by atoms with E-state index in [0.717, 1.165) is 77.7 Å². The summed E-state index contributed by atoms with van der Waals surface area (Å²) >= 11 is 0. The Hall–Kier alpha value is -4.97. The molecule has 6 N–H and O–H groups in total. The molecule has 2 aliphatic carbocycles. The van der Waals surface area contributed by atoms with Crippen LogP contribution in [0.4, 0.5) is 11.4 Å². The number of carboxylic acids is 1. The SMILES string of the molecule is CCNCc1cnc(C(=O)Nc2cccc(-c3cccc(NC(=O)c4cc(C5CC5)c(CN[C@H](CO)C(=O)O)cn4)c3C)c2C)cc1C1CC1. The fourth-order valence-electron chi connectivity index (χ4n) is 6.31. The van der Waals surface area contributed by atoms with Crippen LogP contribution in [-0.4, -0.2) is 57.2 Å². The van der Waals surface area contributed by atoms with Crippen molar-refractivity contribution in [3.63, 3.8) is 0 Å². The van der Waals surface area contributed by atoms with E-state index in [-0.39, 0.29) is 30.0 Å². The van der Waals surface area contributed by atoms with E-state index in [0.29, 0.717) is 23.0 Å². The fourth-order valence-corrected chi connectivity index (χ4v) is 6.31. The number of benzene rings is 2. The number of carbonyl (C=O) groups excluding carboxylic acids is 2. The highest BCUT2D eigenvalue weighted by atomic mass is 16.4. The van der Waals surface area contributed by atoms with Crippen LogP contribution >= 0.6 is 0 Å². The first-order chi connectivity index (χ1) is 24.2. The Morgan fingerprint density at radius 2 is 1.26 bits per heavy atom. The summed E-state index contributed by atoms with van der Waals surface area (Å²) in [6.45, 7) is 7.29. The summed E-state index contributed by atoms with van der Waals surface area (Å²) in [4.78, 5) is 47.2. The van der Waals surface area contributed by atoms with Crippen LogP contribution in [0.15, 0.2) is 60.9 Å². The molecule has 2 amide bonds. The molecule has 0 unspecified atom stereocenters. The second-order valence-corrected chi connectivity index (χ2v) is 13.2. The van der Waals surface area contributed by atoms with Crippen LogP contribution in [0, 0.1) is 13.8 Å². The minimum absolute atomic E-state index is 0.222. The first-order valence-electron chi connectivity index (χ1n) is 17.3. The number of carbonyl (C=O) groups is 3. The van der Waals surface area contributed by atoms with E-state index in [1.807, 2.05) is 62.5 Å². The van der Waals surface area contributed by atoms with Crippen LogP contribution in [-0.2, 0) is 17.9 Å². The highest BCUT2D eigenvalue weighted by molar-refractivity contribution is 6.05. The molecule has 0 saturated heterocycles. The zero-order chi connectivity index (χ0) is 35.4. The number of nitrogens with one attached hydrogen (secondary N) is 4. The van der Waals surface area contributed by atoms with Crippen molar-refractivity contribution in [3.8, 4) is 11.1 Å². The van der Waals surface area contributed by atoms with E-state index in [4.69, 9.17) is 0 Å². The molecule has 11 nitrogen and oxygen atoms in total. The quantitative estimate of drug-likeness (QED) is 0.0931. The summed E-state index contributed by atoms with van der Waals surface area (Å²) in [5.74, 6) is -0.956. The monoisotopic (exact) mass is 676 g/mol. The van der Waals surface area contributed by atoms with Gasteiger partial charge in [0, 0.05) is 36.9 Å². The van der Waals surface area contributed by atoms with Crippen molar-refractivity contribution >= 4 is 29.2 Å². The number of aliphatic carboxylic acids is 1. The molecule has 2 aromatic carbocycles. The van der Waals surface area contributed by atoms with Gasteiger partial charge >= 0.3 is 5.97 Å². The van der Waals surface area contributed by atoms with Gasteiger partial charge in [0.05, 0.1) is 6.61 Å². The van der Waals surface area contributed by atoms with Crippen LogP contribution in [0.3, 0.4) is 0 Å². The molecule has 50 heavy (non-hydrogen) atoms. The summed E-state index contributed by atoms with van der Waals surface area (Å²) in [5, 5.41) is 31.0. The smallest absolute Gasteiger partial charge is 0.323 e. The second-order valence-electron chi connectivity index (χ2n) is 13.2. The highest BCUT2D eigenvalue weighted by Crippen LogP contribution is 2.43. The Morgan fingerprint density at radius 1 is 0.780 bits per heavy atom. The van der Waals surface area contributed by atoms with Gasteiger partial charge in [-0.15, -0.1) is 0 Å². The van der Waals surface area contributed by atoms with Crippen LogP contribution in [0.1, 0.15) is 98.8 Å². The van der Waals surface area contributed by atoms with Crippen LogP contribution < -0.4 is 21.3 Å². The lowest BCUT2D eigenvalue weighted by Crippen LogP contribution is -2.39. The lowest BCUT2D eigenvalue weighted by atomic mass is 9.94. The Balaban J connectivity index is 1.19. The van der Waals surface area contributed by atoms with Crippen molar-refractivity contribution < 1.29 is 24.6 Å². The Kier molecular flexibility index (Phi) is 10.7. The Morgan fingerprint density at radius 3 is 1.68 bits per heavy atom. The molecule has 2 aliphatic rings. The van der Waals surface area contributed by atoms with Crippen molar-refractivity contribution in [3.05, 3.63) is 106 Å². The number of carboxylic acid groups (broad SMARTS) is 1. The number of amides is 2. The largest absolute Gasteiger partial charge is 0.480 e. The normalized spacial score (nSPS) is 14.6. The van der Waals surface area contributed by atoms with Gasteiger partial charge in [-0.2, -0.15) is 0 Å². The molecule has 2 fully saturated rings. The second kappa shape index (κ2) is 15.3. The molecule has 0 bridgehead atoms. The molecular formula is C39H44N6O5. The molecular weight excluding hydrogens is 632 g/mol. The first kappa shape index (κ1) is 34.9. The summed E-state index contributed by atoms with van der Waals surface area (Å²) in [5.41, 5.74) is 9.72. The molecule has 260 valence electrons. The van der Waals surface area contributed by atoms with Gasteiger partial charge in [-0.05, 0) is 127 Å². The third-order valence-corrected chi connectivity index (χ3v) is 9.58. The Labute approximate surface area is 292 Å². The molecule has 2 aromatic heterocycles. The van der Waals surface area contributed by atoms with Gasteiger partial charge in [0.1, 0.15) is 17.4 Å². The summed E-state index contributed by atoms with van der Waals surface area (Å²) < 4.78 is 0. The van der Waals surface area contributed by atoms with Gasteiger partial charge in [0.25, 0.3) is 11.8 Å². The van der Waals surface area contributed by atoms with E-state index in [1.54, 1.807) is 12.3 Å². The molecule has 2 heterocycles. The topological polar surface area (TPSA) is 166 Å². The number of aromatic nitrogens is 2. The van der Waals surface area contributed by atoms with Crippen LogP contribution in [0.25, 0.3) is 11.1 Å². The number of hydrogen-bond acceptors (Lipinski definition) is 8. The predicted octanol–water partition coefficient (Wildman–Crippen LogP) is 5.66. The van der Waals surface area contributed by atoms with E-state index in [9.17, 15) is 24.6 Å². The molecule has 4 aromatic rings. The number of nitrogens with zero attached hydrogens (tertiary/aromatic N) is 2. The molecule has 2 saturated carbocycles. The van der Waals surface area contributed by atoms with Gasteiger partial charge in [-0.1, -0.05) is 31.2 Å². The van der Waals surface area contributed by atoms with E-state index in [1.165, 1.54) is 5.56 Å². The van der Waals surface area contributed by atoms with Crippen molar-refractivity contribution in [2.24, 2.45) is 0 Å². The van der Waals surface area contributed by atoms with Crippen molar-refractivity contribution in [2.45, 2.75) is 77.4 Å².